The predicted molar refractivity (Wildman–Crippen MR) is 105 cm³/mol. The summed E-state index contributed by atoms with van der Waals surface area (Å²) < 4.78 is 11.1. The lowest BCUT2D eigenvalue weighted by Gasteiger charge is -2.21. The average Bonchev–Trinajstić information content (AvgIpc) is 3.34. The third-order valence-electron chi connectivity index (χ3n) is 4.22. The molecule has 0 saturated heterocycles. The van der Waals surface area contributed by atoms with E-state index in [9.17, 15) is 14.4 Å². The molecule has 0 bridgehead atoms. The van der Waals surface area contributed by atoms with Crippen molar-refractivity contribution in [1.29, 1.82) is 0 Å². The van der Waals surface area contributed by atoms with Gasteiger partial charge in [0.1, 0.15) is 6.54 Å². The number of para-hydroxylation sites is 1. The molecular formula is C20H22N4O5. The summed E-state index contributed by atoms with van der Waals surface area (Å²) in [7, 11) is 0. The van der Waals surface area contributed by atoms with Crippen LogP contribution in [0.1, 0.15) is 18.9 Å². The number of nitrogens with zero attached hydrogens (tertiary/aromatic N) is 3. The number of anilines is 1. The largest absolute Gasteiger partial charge is 0.459 e. The van der Waals surface area contributed by atoms with Gasteiger partial charge in [-0.1, -0.05) is 25.1 Å². The molecular weight excluding hydrogens is 376 g/mol. The van der Waals surface area contributed by atoms with Crippen LogP contribution < -0.4 is 11.1 Å². The van der Waals surface area contributed by atoms with E-state index in [0.29, 0.717) is 18.7 Å². The Morgan fingerprint density at radius 1 is 1.21 bits per heavy atom. The zero-order chi connectivity index (χ0) is 20.8. The van der Waals surface area contributed by atoms with Crippen LogP contribution in [0, 0.1) is 6.92 Å². The van der Waals surface area contributed by atoms with Gasteiger partial charge in [0.2, 0.25) is 11.8 Å². The summed E-state index contributed by atoms with van der Waals surface area (Å²) in [4.78, 5) is 38.5. The number of nitrogens with one attached hydrogen (secondary N) is 1. The van der Waals surface area contributed by atoms with Crippen LogP contribution in [0.2, 0.25) is 0 Å². The molecule has 1 N–H and O–H groups in total. The third-order valence-corrected chi connectivity index (χ3v) is 4.22. The van der Waals surface area contributed by atoms with Gasteiger partial charge in [-0.2, -0.15) is 4.68 Å². The minimum absolute atomic E-state index is 0.00728. The maximum absolute atomic E-state index is 12.7. The van der Waals surface area contributed by atoms with Gasteiger partial charge in [0.05, 0.1) is 12.8 Å². The highest BCUT2D eigenvalue weighted by molar-refractivity contribution is 5.95. The molecule has 152 valence electrons. The minimum atomic E-state index is -0.773. The second kappa shape index (κ2) is 9.05. The lowest BCUT2D eigenvalue weighted by atomic mass is 10.2. The summed E-state index contributed by atoms with van der Waals surface area (Å²) in [5.74, 6) is -1.22. The Kier molecular flexibility index (Phi) is 6.28. The molecule has 0 unspecified atom stereocenters. The fourth-order valence-corrected chi connectivity index (χ4v) is 2.77. The molecule has 0 fully saturated rings. The number of furan rings is 1. The second-order valence-corrected chi connectivity index (χ2v) is 6.49. The zero-order valence-electron chi connectivity index (χ0n) is 16.3. The lowest BCUT2D eigenvalue weighted by molar-refractivity contribution is -0.135. The fraction of sp³-hybridized carbons (Fsp3) is 0.300. The number of amides is 2. The monoisotopic (exact) mass is 398 g/mol. The van der Waals surface area contributed by atoms with Gasteiger partial charge in [0, 0.05) is 12.2 Å². The molecule has 3 rings (SSSR count). The van der Waals surface area contributed by atoms with Crippen molar-refractivity contribution in [3.8, 4) is 11.7 Å². The van der Waals surface area contributed by atoms with Gasteiger partial charge in [-0.3, -0.25) is 9.59 Å². The zero-order valence-corrected chi connectivity index (χ0v) is 16.3. The van der Waals surface area contributed by atoms with E-state index in [0.717, 1.165) is 10.2 Å². The van der Waals surface area contributed by atoms with Gasteiger partial charge in [-0.15, -0.1) is 5.10 Å². The van der Waals surface area contributed by atoms with E-state index in [1.54, 1.807) is 18.2 Å². The van der Waals surface area contributed by atoms with Crippen LogP contribution >= 0.6 is 0 Å². The number of aromatic nitrogens is 2. The maximum Gasteiger partial charge on any atom is 0.437 e. The highest BCUT2D eigenvalue weighted by Crippen LogP contribution is 2.15. The van der Waals surface area contributed by atoms with Gasteiger partial charge in [-0.05, 0) is 37.1 Å². The first-order valence-corrected chi connectivity index (χ1v) is 9.23. The second-order valence-electron chi connectivity index (χ2n) is 6.49. The Morgan fingerprint density at radius 2 is 2.00 bits per heavy atom. The summed E-state index contributed by atoms with van der Waals surface area (Å²) in [5, 5.41) is 6.79. The molecule has 2 aromatic heterocycles. The quantitative estimate of drug-likeness (QED) is 0.623. The van der Waals surface area contributed by atoms with Crippen LogP contribution in [-0.4, -0.2) is 39.6 Å². The molecule has 0 spiro atoms. The highest BCUT2D eigenvalue weighted by atomic mass is 16.4. The Balaban J connectivity index is 1.67. The minimum Gasteiger partial charge on any atom is -0.459 e. The van der Waals surface area contributed by atoms with Gasteiger partial charge in [0.25, 0.3) is 5.89 Å². The lowest BCUT2D eigenvalue weighted by Crippen LogP contribution is -2.41. The van der Waals surface area contributed by atoms with Crippen LogP contribution in [0.3, 0.4) is 0 Å². The van der Waals surface area contributed by atoms with E-state index in [1.807, 2.05) is 32.0 Å². The van der Waals surface area contributed by atoms with Crippen molar-refractivity contribution in [2.24, 2.45) is 0 Å². The Labute approximate surface area is 166 Å². The van der Waals surface area contributed by atoms with Gasteiger partial charge in [-0.25, -0.2) is 4.79 Å². The van der Waals surface area contributed by atoms with E-state index in [-0.39, 0.29) is 30.6 Å². The number of hydrogen-bond acceptors (Lipinski definition) is 6. The summed E-state index contributed by atoms with van der Waals surface area (Å²) in [5.41, 5.74) is 1.62. The van der Waals surface area contributed by atoms with Crippen LogP contribution in [-0.2, 0) is 16.1 Å². The van der Waals surface area contributed by atoms with Crippen LogP contribution in [0.25, 0.3) is 11.7 Å². The first-order valence-electron chi connectivity index (χ1n) is 9.23. The number of hydrogen-bond donors (Lipinski definition) is 1. The SMILES string of the molecule is CCCN(CC(=O)Nc1ccccc1C)C(=O)Cn1nc(-c2ccco2)oc1=O. The Bertz CT molecular complexity index is 1040. The first kappa shape index (κ1) is 20.1. The van der Waals surface area contributed by atoms with Crippen molar-refractivity contribution in [2.75, 3.05) is 18.4 Å². The molecule has 9 heteroatoms. The molecule has 0 aliphatic rings. The summed E-state index contributed by atoms with van der Waals surface area (Å²) in [6.07, 6.45) is 2.09. The van der Waals surface area contributed by atoms with Crippen molar-refractivity contribution >= 4 is 17.5 Å². The molecule has 29 heavy (non-hydrogen) atoms. The van der Waals surface area contributed by atoms with Crippen LogP contribution in [0.4, 0.5) is 5.69 Å². The molecule has 1 aromatic carbocycles. The van der Waals surface area contributed by atoms with Crippen LogP contribution in [0.15, 0.2) is 56.3 Å². The molecule has 0 aliphatic heterocycles. The van der Waals surface area contributed by atoms with Crippen molar-refractivity contribution < 1.29 is 18.4 Å². The molecule has 9 nitrogen and oxygen atoms in total. The van der Waals surface area contributed by atoms with Crippen molar-refractivity contribution in [3.63, 3.8) is 0 Å². The van der Waals surface area contributed by atoms with Crippen molar-refractivity contribution in [3.05, 3.63) is 58.8 Å². The smallest absolute Gasteiger partial charge is 0.437 e. The number of rotatable bonds is 8. The molecule has 2 heterocycles. The third kappa shape index (κ3) is 5.01. The first-order chi connectivity index (χ1) is 14.0. The standard InChI is InChI=1S/C20H22N4O5/c1-3-10-23(12-17(25)21-15-8-5-4-7-14(15)2)18(26)13-24-20(27)29-19(22-24)16-9-6-11-28-16/h4-9,11H,3,10,12-13H2,1-2H3,(H,21,25). The Hall–Kier alpha value is -3.62. The van der Waals surface area contributed by atoms with Gasteiger partial charge < -0.3 is 19.1 Å². The summed E-state index contributed by atoms with van der Waals surface area (Å²) in [6.45, 7) is 3.70. The molecule has 0 atom stereocenters. The molecule has 0 radical (unpaired) electrons. The summed E-state index contributed by atoms with van der Waals surface area (Å²) in [6, 6.07) is 10.6. The Morgan fingerprint density at radius 3 is 2.69 bits per heavy atom. The van der Waals surface area contributed by atoms with E-state index in [2.05, 4.69) is 10.4 Å². The van der Waals surface area contributed by atoms with Crippen molar-refractivity contribution in [1.82, 2.24) is 14.7 Å². The normalized spacial score (nSPS) is 10.7. The molecule has 0 aliphatic carbocycles. The van der Waals surface area contributed by atoms with E-state index >= 15 is 0 Å². The maximum atomic E-state index is 12.7. The number of benzene rings is 1. The van der Waals surface area contributed by atoms with Crippen LogP contribution in [0.5, 0.6) is 0 Å². The molecule has 2 amide bonds. The topological polar surface area (TPSA) is 111 Å². The van der Waals surface area contributed by atoms with Crippen molar-refractivity contribution in [2.45, 2.75) is 26.8 Å². The molecule has 0 saturated carbocycles. The summed E-state index contributed by atoms with van der Waals surface area (Å²) >= 11 is 0. The van der Waals surface area contributed by atoms with E-state index in [1.165, 1.54) is 11.2 Å². The van der Waals surface area contributed by atoms with Gasteiger partial charge >= 0.3 is 5.76 Å². The molecule has 3 aromatic rings. The highest BCUT2D eigenvalue weighted by Gasteiger charge is 2.20. The van der Waals surface area contributed by atoms with E-state index < -0.39 is 11.7 Å². The average molecular weight is 398 g/mol. The van der Waals surface area contributed by atoms with E-state index in [4.69, 9.17) is 8.83 Å². The van der Waals surface area contributed by atoms with Gasteiger partial charge in [0.15, 0.2) is 5.76 Å². The number of carbonyl (C=O) groups is 2. The fourth-order valence-electron chi connectivity index (χ4n) is 2.77. The number of aryl methyl sites for hydroxylation is 1. The number of carbonyl (C=O) groups excluding carboxylic acids is 2. The predicted octanol–water partition coefficient (Wildman–Crippen LogP) is 2.28.